The molecule has 1 saturated heterocycles. The highest BCUT2D eigenvalue weighted by Gasteiger charge is 2.35. The van der Waals surface area contributed by atoms with Crippen LogP contribution in [0.25, 0.3) is 0 Å². The minimum atomic E-state index is -4.60. The zero-order chi connectivity index (χ0) is 15.7. The maximum Gasteiger partial charge on any atom is 0.341 e. The van der Waals surface area contributed by atoms with Crippen LogP contribution in [0, 0.1) is 5.41 Å². The number of nitrogens with one attached hydrogen (secondary N) is 1. The number of hydrogen-bond acceptors (Lipinski definition) is 4. The minimum Gasteiger partial charge on any atom is -0.380 e. The van der Waals surface area contributed by atoms with Crippen molar-refractivity contribution < 1.29 is 17.2 Å². The molecule has 1 N–H and O–H groups in total. The molecule has 0 spiro atoms. The second kappa shape index (κ2) is 6.12. The molecule has 1 fully saturated rings. The maximum atomic E-state index is 12.8. The Morgan fingerprint density at radius 3 is 2.62 bits per heavy atom. The number of thioether (sulfide) groups is 1. The standard InChI is InChI=1S/C14H19F2NO2S2/c1-14(2)7-8-20-9-12(14)17-10-5-3-4-6-11(10)21(18,19)13(15)16/h3-6,12-13,17H,7-9H2,1-2H3. The number of alkyl halides is 2. The molecule has 1 aromatic carbocycles. The molecule has 1 aromatic rings. The van der Waals surface area contributed by atoms with E-state index in [9.17, 15) is 17.2 Å². The molecule has 1 unspecified atom stereocenters. The Morgan fingerprint density at radius 2 is 2.00 bits per heavy atom. The van der Waals surface area contributed by atoms with Gasteiger partial charge in [-0.1, -0.05) is 26.0 Å². The predicted octanol–water partition coefficient (Wildman–Crippen LogP) is 3.63. The van der Waals surface area contributed by atoms with Gasteiger partial charge in [-0.05, 0) is 29.7 Å². The van der Waals surface area contributed by atoms with Crippen molar-refractivity contribution in [2.75, 3.05) is 16.8 Å². The molecule has 0 amide bonds. The van der Waals surface area contributed by atoms with Crippen molar-refractivity contribution in [3.8, 4) is 0 Å². The van der Waals surface area contributed by atoms with Crippen molar-refractivity contribution in [2.45, 2.75) is 37.0 Å². The summed E-state index contributed by atoms with van der Waals surface area (Å²) in [5.74, 6) is -1.52. The SMILES string of the molecule is CC1(C)CCSCC1Nc1ccccc1S(=O)(=O)C(F)F. The van der Waals surface area contributed by atoms with Gasteiger partial charge in [0.15, 0.2) is 0 Å². The van der Waals surface area contributed by atoms with Crippen LogP contribution in [-0.4, -0.2) is 31.7 Å². The minimum absolute atomic E-state index is 0.00699. The highest BCUT2D eigenvalue weighted by Crippen LogP contribution is 2.37. The summed E-state index contributed by atoms with van der Waals surface area (Å²) in [4.78, 5) is -0.327. The number of para-hydroxylation sites is 1. The first-order chi connectivity index (χ1) is 9.75. The molecular weight excluding hydrogens is 316 g/mol. The van der Waals surface area contributed by atoms with Crippen LogP contribution in [-0.2, 0) is 9.84 Å². The van der Waals surface area contributed by atoms with Crippen molar-refractivity contribution in [3.05, 3.63) is 24.3 Å². The lowest BCUT2D eigenvalue weighted by atomic mass is 9.82. The summed E-state index contributed by atoms with van der Waals surface area (Å²) in [7, 11) is -4.60. The first kappa shape index (κ1) is 16.5. The van der Waals surface area contributed by atoms with E-state index in [1.54, 1.807) is 23.9 Å². The molecule has 0 aliphatic carbocycles. The second-order valence-electron chi connectivity index (χ2n) is 5.81. The van der Waals surface area contributed by atoms with Gasteiger partial charge in [-0.3, -0.25) is 0 Å². The molecule has 0 saturated carbocycles. The summed E-state index contributed by atoms with van der Waals surface area (Å²) in [6, 6.07) is 5.93. The van der Waals surface area contributed by atoms with Gasteiger partial charge in [-0.15, -0.1) is 0 Å². The van der Waals surface area contributed by atoms with E-state index >= 15 is 0 Å². The van der Waals surface area contributed by atoms with Crippen LogP contribution >= 0.6 is 11.8 Å². The van der Waals surface area contributed by atoms with E-state index in [0.717, 1.165) is 17.9 Å². The smallest absolute Gasteiger partial charge is 0.341 e. The van der Waals surface area contributed by atoms with E-state index in [0.29, 0.717) is 0 Å². The van der Waals surface area contributed by atoms with Crippen LogP contribution in [0.3, 0.4) is 0 Å². The van der Waals surface area contributed by atoms with E-state index in [1.807, 2.05) is 0 Å². The largest absolute Gasteiger partial charge is 0.380 e. The first-order valence-corrected chi connectivity index (χ1v) is 9.40. The molecule has 21 heavy (non-hydrogen) atoms. The summed E-state index contributed by atoms with van der Waals surface area (Å²) < 4.78 is 49.1. The zero-order valence-corrected chi connectivity index (χ0v) is 13.6. The zero-order valence-electron chi connectivity index (χ0n) is 12.0. The number of halogens is 2. The average Bonchev–Trinajstić information content (AvgIpc) is 2.41. The van der Waals surface area contributed by atoms with E-state index in [2.05, 4.69) is 19.2 Å². The molecule has 0 bridgehead atoms. The normalized spacial score (nSPS) is 22.2. The maximum absolute atomic E-state index is 12.8. The van der Waals surface area contributed by atoms with Crippen LogP contribution in [0.5, 0.6) is 0 Å². The first-order valence-electron chi connectivity index (χ1n) is 6.70. The second-order valence-corrected chi connectivity index (χ2v) is 8.85. The van der Waals surface area contributed by atoms with Gasteiger partial charge in [-0.2, -0.15) is 20.5 Å². The quantitative estimate of drug-likeness (QED) is 0.913. The highest BCUT2D eigenvalue weighted by atomic mass is 32.2. The number of anilines is 1. The molecule has 1 heterocycles. The molecule has 118 valence electrons. The topological polar surface area (TPSA) is 46.2 Å². The lowest BCUT2D eigenvalue weighted by Crippen LogP contribution is -2.42. The van der Waals surface area contributed by atoms with Gasteiger partial charge in [0, 0.05) is 11.8 Å². The van der Waals surface area contributed by atoms with E-state index < -0.39 is 15.6 Å². The predicted molar refractivity (Wildman–Crippen MR) is 82.8 cm³/mol. The monoisotopic (exact) mass is 335 g/mol. The number of hydrogen-bond donors (Lipinski definition) is 1. The molecule has 0 radical (unpaired) electrons. The molecule has 1 aliphatic heterocycles. The van der Waals surface area contributed by atoms with Crippen LogP contribution in [0.2, 0.25) is 0 Å². The molecule has 1 atom stereocenters. The van der Waals surface area contributed by atoms with Gasteiger partial charge in [0.05, 0.1) is 10.6 Å². The van der Waals surface area contributed by atoms with E-state index in [4.69, 9.17) is 0 Å². The number of rotatable bonds is 4. The van der Waals surface area contributed by atoms with Crippen molar-refractivity contribution in [1.82, 2.24) is 0 Å². The fourth-order valence-electron chi connectivity index (χ4n) is 2.29. The van der Waals surface area contributed by atoms with Gasteiger partial charge in [0.25, 0.3) is 0 Å². The van der Waals surface area contributed by atoms with E-state index in [1.165, 1.54) is 12.1 Å². The summed E-state index contributed by atoms with van der Waals surface area (Å²) >= 11 is 1.78. The van der Waals surface area contributed by atoms with Gasteiger partial charge < -0.3 is 5.32 Å². The fourth-order valence-corrected chi connectivity index (χ4v) is 4.79. The van der Waals surface area contributed by atoms with E-state index in [-0.39, 0.29) is 22.0 Å². The molecule has 3 nitrogen and oxygen atoms in total. The van der Waals surface area contributed by atoms with Gasteiger partial charge in [0.1, 0.15) is 0 Å². The molecule has 2 rings (SSSR count). The third-order valence-corrected chi connectivity index (χ3v) is 6.38. The Bertz CT molecular complexity index is 603. The third-order valence-electron chi connectivity index (χ3n) is 3.88. The Hall–Kier alpha value is -0.820. The Kier molecular flexibility index (Phi) is 4.82. The molecule has 0 aromatic heterocycles. The summed E-state index contributed by atoms with van der Waals surface area (Å²) in [5.41, 5.74) is 0.255. The van der Waals surface area contributed by atoms with Crippen LogP contribution in [0.15, 0.2) is 29.2 Å². The lowest BCUT2D eigenvalue weighted by molar-refractivity contribution is 0.235. The van der Waals surface area contributed by atoms with Crippen LogP contribution in [0.1, 0.15) is 20.3 Å². The van der Waals surface area contributed by atoms with Gasteiger partial charge >= 0.3 is 5.76 Å². The molecular formula is C14H19F2NO2S2. The third kappa shape index (κ3) is 3.51. The fraction of sp³-hybridized carbons (Fsp3) is 0.571. The van der Waals surface area contributed by atoms with Gasteiger partial charge in [-0.25, -0.2) is 8.42 Å². The average molecular weight is 335 g/mol. The number of benzene rings is 1. The van der Waals surface area contributed by atoms with Crippen LogP contribution in [0.4, 0.5) is 14.5 Å². The lowest BCUT2D eigenvalue weighted by Gasteiger charge is -2.39. The van der Waals surface area contributed by atoms with Crippen molar-refractivity contribution in [3.63, 3.8) is 0 Å². The highest BCUT2D eigenvalue weighted by molar-refractivity contribution is 7.99. The summed E-state index contributed by atoms with van der Waals surface area (Å²) in [6.45, 7) is 4.21. The molecule has 7 heteroatoms. The molecule has 1 aliphatic rings. The summed E-state index contributed by atoms with van der Waals surface area (Å²) in [6.07, 6.45) is 0.999. The summed E-state index contributed by atoms with van der Waals surface area (Å²) in [5, 5.41) is 3.17. The Labute approximate surface area is 128 Å². The van der Waals surface area contributed by atoms with Crippen molar-refractivity contribution >= 4 is 27.3 Å². The Balaban J connectivity index is 2.33. The van der Waals surface area contributed by atoms with Crippen molar-refractivity contribution in [1.29, 1.82) is 0 Å². The van der Waals surface area contributed by atoms with Crippen LogP contribution < -0.4 is 5.32 Å². The number of sulfone groups is 1. The Morgan fingerprint density at radius 1 is 1.33 bits per heavy atom. The van der Waals surface area contributed by atoms with Crippen molar-refractivity contribution in [2.24, 2.45) is 5.41 Å². The van der Waals surface area contributed by atoms with Gasteiger partial charge in [0.2, 0.25) is 9.84 Å².